The van der Waals surface area contributed by atoms with E-state index in [4.69, 9.17) is 4.74 Å². The molecule has 42 valence electrons. The average Bonchev–Trinajstić information content (AvgIpc) is 2.17. The number of hydrogen-bond donors (Lipinski definition) is 0. The van der Waals surface area contributed by atoms with Crippen molar-refractivity contribution in [2.24, 2.45) is 5.92 Å². The zero-order valence-electron chi connectivity index (χ0n) is 4.98. The van der Waals surface area contributed by atoms with Crippen LogP contribution in [0.2, 0.25) is 0 Å². The van der Waals surface area contributed by atoms with Gasteiger partial charge < -0.3 is 4.74 Å². The van der Waals surface area contributed by atoms with Crippen LogP contribution in [0.25, 0.3) is 0 Å². The van der Waals surface area contributed by atoms with Crippen molar-refractivity contribution in [3.05, 3.63) is 0 Å². The number of epoxide rings is 1. The summed E-state index contributed by atoms with van der Waals surface area (Å²) in [4.78, 5) is 0. The predicted octanol–water partition coefficient (Wildman–Crippen LogP) is 1.43. The van der Waals surface area contributed by atoms with Gasteiger partial charge in [-0.25, -0.2) is 0 Å². The maximum atomic E-state index is 5.02. The van der Waals surface area contributed by atoms with Crippen molar-refractivity contribution >= 4 is 0 Å². The van der Waals surface area contributed by atoms with Gasteiger partial charge in [0, 0.05) is 0 Å². The molecule has 0 radical (unpaired) electrons. The third-order valence-corrected chi connectivity index (χ3v) is 1.14. The molecule has 1 heterocycles. The number of rotatable bonds is 2. The number of ether oxygens (including phenoxy) is 1. The van der Waals surface area contributed by atoms with E-state index in [0.717, 1.165) is 12.5 Å². The Bertz CT molecular complexity index is 55.2. The highest BCUT2D eigenvalue weighted by molar-refractivity contribution is 4.69. The molecule has 0 bridgehead atoms. The molecule has 0 aromatic heterocycles. The minimum absolute atomic E-state index is 0.625. The Morgan fingerprint density at radius 3 is 2.43 bits per heavy atom. The van der Waals surface area contributed by atoms with Crippen LogP contribution in [0, 0.1) is 5.92 Å². The summed E-state index contributed by atoms with van der Waals surface area (Å²) in [7, 11) is 0. The van der Waals surface area contributed by atoms with Crippen LogP contribution in [-0.2, 0) is 4.74 Å². The Hall–Kier alpha value is -0.0400. The molecule has 0 aromatic rings. The highest BCUT2D eigenvalue weighted by atomic mass is 16.6. The Balaban J connectivity index is 1.97. The van der Waals surface area contributed by atoms with Gasteiger partial charge in [0.25, 0.3) is 0 Å². The maximum absolute atomic E-state index is 5.02. The lowest BCUT2D eigenvalue weighted by Gasteiger charge is -1.95. The van der Waals surface area contributed by atoms with Gasteiger partial charge in [-0.3, -0.25) is 0 Å². The van der Waals surface area contributed by atoms with Crippen molar-refractivity contribution < 1.29 is 4.74 Å². The summed E-state index contributed by atoms with van der Waals surface area (Å²) in [5, 5.41) is 0. The van der Waals surface area contributed by atoms with Crippen LogP contribution in [0.15, 0.2) is 0 Å². The highest BCUT2D eigenvalue weighted by Gasteiger charge is 2.22. The first-order chi connectivity index (χ1) is 3.29. The van der Waals surface area contributed by atoms with Crippen LogP contribution in [-0.4, -0.2) is 12.7 Å². The quantitative estimate of drug-likeness (QED) is 0.478. The monoisotopic (exact) mass is 100 g/mol. The van der Waals surface area contributed by atoms with E-state index in [0.29, 0.717) is 6.10 Å². The van der Waals surface area contributed by atoms with Crippen molar-refractivity contribution in [1.29, 1.82) is 0 Å². The molecule has 0 aromatic carbocycles. The van der Waals surface area contributed by atoms with Crippen molar-refractivity contribution in [3.63, 3.8) is 0 Å². The lowest BCUT2D eigenvalue weighted by Crippen LogP contribution is -1.92. The Kier molecular flexibility index (Phi) is 1.33. The van der Waals surface area contributed by atoms with Crippen LogP contribution < -0.4 is 0 Å². The second kappa shape index (κ2) is 1.83. The zero-order valence-corrected chi connectivity index (χ0v) is 4.98. The first-order valence-corrected chi connectivity index (χ1v) is 2.90. The van der Waals surface area contributed by atoms with E-state index in [-0.39, 0.29) is 0 Å². The minimum Gasteiger partial charge on any atom is -0.373 e. The summed E-state index contributed by atoms with van der Waals surface area (Å²) >= 11 is 0. The predicted molar refractivity (Wildman–Crippen MR) is 29.2 cm³/mol. The van der Waals surface area contributed by atoms with Gasteiger partial charge in [-0.05, 0) is 12.3 Å². The van der Waals surface area contributed by atoms with Gasteiger partial charge in [-0.15, -0.1) is 0 Å². The molecule has 0 saturated carbocycles. The fraction of sp³-hybridized carbons (Fsp3) is 1.00. The molecule has 0 N–H and O–H groups in total. The smallest absolute Gasteiger partial charge is 0.0812 e. The molecule has 1 atom stereocenters. The molecule has 0 aliphatic carbocycles. The van der Waals surface area contributed by atoms with Gasteiger partial charge in [-0.1, -0.05) is 13.8 Å². The van der Waals surface area contributed by atoms with Crippen LogP contribution in [0.1, 0.15) is 20.3 Å². The van der Waals surface area contributed by atoms with Crippen LogP contribution in [0.5, 0.6) is 0 Å². The van der Waals surface area contributed by atoms with Crippen molar-refractivity contribution in [1.82, 2.24) is 0 Å². The molecule has 0 spiro atoms. The minimum atomic E-state index is 0.625. The molecule has 1 nitrogen and oxygen atoms in total. The molecule has 1 heteroatoms. The molecule has 1 fully saturated rings. The lowest BCUT2D eigenvalue weighted by atomic mass is 10.1. The van der Waals surface area contributed by atoms with Gasteiger partial charge in [0.2, 0.25) is 0 Å². The lowest BCUT2D eigenvalue weighted by molar-refractivity contribution is 0.370. The Morgan fingerprint density at radius 2 is 2.29 bits per heavy atom. The molecule has 1 saturated heterocycles. The molecule has 7 heavy (non-hydrogen) atoms. The van der Waals surface area contributed by atoms with Gasteiger partial charge in [-0.2, -0.15) is 0 Å². The zero-order chi connectivity index (χ0) is 5.28. The Morgan fingerprint density at radius 1 is 1.71 bits per heavy atom. The van der Waals surface area contributed by atoms with Crippen LogP contribution in [0.4, 0.5) is 0 Å². The normalized spacial score (nSPS) is 28.7. The standard InChI is InChI=1S/C6H12O/c1-5(2)3-6-4-7-6/h5-6H,3-4H2,1-2H3. The molecule has 1 aliphatic rings. The van der Waals surface area contributed by atoms with Crippen molar-refractivity contribution in [3.8, 4) is 0 Å². The summed E-state index contributed by atoms with van der Waals surface area (Å²) in [5.74, 6) is 0.812. The first kappa shape index (κ1) is 5.10. The van der Waals surface area contributed by atoms with Crippen LogP contribution in [0.3, 0.4) is 0 Å². The fourth-order valence-corrected chi connectivity index (χ4v) is 0.730. The number of hydrogen-bond acceptors (Lipinski definition) is 1. The van der Waals surface area contributed by atoms with Crippen molar-refractivity contribution in [2.75, 3.05) is 6.61 Å². The van der Waals surface area contributed by atoms with E-state index >= 15 is 0 Å². The third-order valence-electron chi connectivity index (χ3n) is 1.14. The fourth-order valence-electron chi connectivity index (χ4n) is 0.730. The second-order valence-corrected chi connectivity index (χ2v) is 2.58. The second-order valence-electron chi connectivity index (χ2n) is 2.58. The average molecular weight is 100 g/mol. The molecule has 1 rings (SSSR count). The first-order valence-electron chi connectivity index (χ1n) is 2.90. The SMILES string of the molecule is CC(C)CC1CO1. The van der Waals surface area contributed by atoms with E-state index in [2.05, 4.69) is 13.8 Å². The summed E-state index contributed by atoms with van der Waals surface area (Å²) in [6.45, 7) is 5.46. The van der Waals surface area contributed by atoms with E-state index in [9.17, 15) is 0 Å². The summed E-state index contributed by atoms with van der Waals surface area (Å²) in [5.41, 5.74) is 0. The van der Waals surface area contributed by atoms with Gasteiger partial charge in [0.15, 0.2) is 0 Å². The molecule has 0 amide bonds. The van der Waals surface area contributed by atoms with E-state index < -0.39 is 0 Å². The summed E-state index contributed by atoms with van der Waals surface area (Å²) in [6.07, 6.45) is 1.87. The molecular weight excluding hydrogens is 88.1 g/mol. The van der Waals surface area contributed by atoms with Gasteiger partial charge in [0.1, 0.15) is 0 Å². The van der Waals surface area contributed by atoms with E-state index in [1.54, 1.807) is 0 Å². The third kappa shape index (κ3) is 1.93. The van der Waals surface area contributed by atoms with E-state index in [1.807, 2.05) is 0 Å². The highest BCUT2D eigenvalue weighted by Crippen LogP contribution is 2.17. The summed E-state index contributed by atoms with van der Waals surface area (Å²) in [6, 6.07) is 0. The Labute approximate surface area is 44.7 Å². The molecule has 1 unspecified atom stereocenters. The molecular formula is C6H12O. The van der Waals surface area contributed by atoms with E-state index in [1.165, 1.54) is 6.42 Å². The van der Waals surface area contributed by atoms with Gasteiger partial charge >= 0.3 is 0 Å². The summed E-state index contributed by atoms with van der Waals surface area (Å²) < 4.78 is 5.02. The maximum Gasteiger partial charge on any atom is 0.0812 e. The van der Waals surface area contributed by atoms with Gasteiger partial charge in [0.05, 0.1) is 12.7 Å². The van der Waals surface area contributed by atoms with Crippen LogP contribution >= 0.6 is 0 Å². The van der Waals surface area contributed by atoms with Crippen molar-refractivity contribution in [2.45, 2.75) is 26.4 Å². The topological polar surface area (TPSA) is 12.5 Å². The molecule has 1 aliphatic heterocycles. The largest absolute Gasteiger partial charge is 0.373 e.